The Hall–Kier alpha value is -1.95. The van der Waals surface area contributed by atoms with E-state index in [-0.39, 0.29) is 6.73 Å². The van der Waals surface area contributed by atoms with E-state index in [4.69, 9.17) is 23.8 Å². The lowest BCUT2D eigenvalue weighted by Gasteiger charge is -2.07. The molecule has 2 aromatic carbocycles. The van der Waals surface area contributed by atoms with Crippen molar-refractivity contribution in [3.63, 3.8) is 0 Å². The average Bonchev–Trinajstić information content (AvgIpc) is 2.86. The number of nitrogens with zero attached hydrogens (tertiary/aromatic N) is 3. The monoisotopic (exact) mass is 331 g/mol. The quantitative estimate of drug-likeness (QED) is 0.741. The Morgan fingerprint density at radius 1 is 1.05 bits per heavy atom. The Labute approximate surface area is 138 Å². The fraction of sp³-hybridized carbons (Fsp3) is 0.125. The number of aliphatic hydroxyl groups is 1. The van der Waals surface area contributed by atoms with Crippen molar-refractivity contribution in [2.45, 2.75) is 13.3 Å². The van der Waals surface area contributed by atoms with Crippen LogP contribution in [-0.2, 0) is 13.3 Å². The van der Waals surface area contributed by atoms with Gasteiger partial charge in [-0.15, -0.1) is 5.10 Å². The highest BCUT2D eigenvalue weighted by Crippen LogP contribution is 2.21. The number of aliphatic hydroxyl groups excluding tert-OH is 1. The van der Waals surface area contributed by atoms with E-state index in [1.165, 1.54) is 4.68 Å². The van der Waals surface area contributed by atoms with Crippen LogP contribution in [0.1, 0.15) is 5.56 Å². The van der Waals surface area contributed by atoms with Crippen molar-refractivity contribution in [2.75, 3.05) is 0 Å². The highest BCUT2D eigenvalue weighted by Gasteiger charge is 2.12. The molecule has 0 aliphatic rings. The van der Waals surface area contributed by atoms with Crippen LogP contribution in [0.4, 0.5) is 0 Å². The number of rotatable bonds is 4. The lowest BCUT2D eigenvalue weighted by atomic mass is 10.2. The van der Waals surface area contributed by atoms with Crippen molar-refractivity contribution in [1.82, 2.24) is 14.3 Å². The van der Waals surface area contributed by atoms with Crippen molar-refractivity contribution >= 4 is 23.8 Å². The summed E-state index contributed by atoms with van der Waals surface area (Å²) in [6, 6.07) is 17.4. The molecule has 0 saturated carbocycles. The normalized spacial score (nSPS) is 10.8. The molecule has 0 aliphatic heterocycles. The van der Waals surface area contributed by atoms with Gasteiger partial charge in [-0.25, -0.2) is 4.68 Å². The molecule has 0 aliphatic carbocycles. The topological polar surface area (TPSA) is 43.0 Å². The van der Waals surface area contributed by atoms with Crippen LogP contribution in [0.2, 0.25) is 5.02 Å². The van der Waals surface area contributed by atoms with Crippen LogP contribution in [0, 0.1) is 4.77 Å². The Balaban J connectivity index is 2.09. The molecule has 22 heavy (non-hydrogen) atoms. The summed E-state index contributed by atoms with van der Waals surface area (Å²) in [4.78, 5) is 0. The van der Waals surface area contributed by atoms with Crippen molar-refractivity contribution < 1.29 is 5.11 Å². The van der Waals surface area contributed by atoms with Gasteiger partial charge in [0.1, 0.15) is 6.73 Å². The minimum Gasteiger partial charge on any atom is -0.374 e. The lowest BCUT2D eigenvalue weighted by Crippen LogP contribution is -2.03. The third-order valence-corrected chi connectivity index (χ3v) is 4.03. The van der Waals surface area contributed by atoms with Crippen molar-refractivity contribution in [3.8, 4) is 11.4 Å². The Kier molecular flexibility index (Phi) is 4.38. The smallest absolute Gasteiger partial charge is 0.200 e. The molecule has 1 heterocycles. The molecule has 0 radical (unpaired) electrons. The van der Waals surface area contributed by atoms with Gasteiger partial charge in [-0.2, -0.15) is 0 Å². The average molecular weight is 332 g/mol. The highest BCUT2D eigenvalue weighted by atomic mass is 35.5. The van der Waals surface area contributed by atoms with Crippen molar-refractivity contribution in [1.29, 1.82) is 0 Å². The number of halogens is 1. The van der Waals surface area contributed by atoms with E-state index in [0.29, 0.717) is 22.2 Å². The molecule has 4 nitrogen and oxygen atoms in total. The molecule has 0 amide bonds. The van der Waals surface area contributed by atoms with Gasteiger partial charge in [0.2, 0.25) is 4.77 Å². The lowest BCUT2D eigenvalue weighted by molar-refractivity contribution is 0.192. The largest absolute Gasteiger partial charge is 0.374 e. The summed E-state index contributed by atoms with van der Waals surface area (Å²) in [7, 11) is 0. The van der Waals surface area contributed by atoms with E-state index >= 15 is 0 Å². The molecule has 0 atom stereocenters. The first-order valence-corrected chi connectivity index (χ1v) is 7.56. The first-order chi connectivity index (χ1) is 10.7. The van der Waals surface area contributed by atoms with E-state index in [1.54, 1.807) is 0 Å². The summed E-state index contributed by atoms with van der Waals surface area (Å²) in [6.45, 7) is 0.346. The number of hydrogen-bond donors (Lipinski definition) is 1. The second-order valence-corrected chi connectivity index (χ2v) is 5.63. The van der Waals surface area contributed by atoms with E-state index in [1.807, 2.05) is 59.2 Å². The van der Waals surface area contributed by atoms with Crippen molar-refractivity contribution in [3.05, 3.63) is 70.0 Å². The van der Waals surface area contributed by atoms with Gasteiger partial charge in [-0.05, 0) is 42.0 Å². The Bertz CT molecular complexity index is 825. The SMILES string of the molecule is OCn1nc(-c2ccc(Cl)cc2)n(Cc2ccccc2)c1=S. The van der Waals surface area contributed by atoms with Gasteiger partial charge in [0.15, 0.2) is 5.82 Å². The molecular formula is C16H14ClN3OS. The van der Waals surface area contributed by atoms with Crippen molar-refractivity contribution in [2.24, 2.45) is 0 Å². The van der Waals surface area contributed by atoms with Crippen LogP contribution in [0.3, 0.4) is 0 Å². The van der Waals surface area contributed by atoms with E-state index < -0.39 is 0 Å². The van der Waals surface area contributed by atoms with Gasteiger partial charge >= 0.3 is 0 Å². The molecular weight excluding hydrogens is 318 g/mol. The van der Waals surface area contributed by atoms with Gasteiger partial charge in [0, 0.05) is 10.6 Å². The zero-order valence-corrected chi connectivity index (χ0v) is 13.3. The van der Waals surface area contributed by atoms with Crippen LogP contribution in [-0.4, -0.2) is 19.5 Å². The molecule has 0 saturated heterocycles. The summed E-state index contributed by atoms with van der Waals surface area (Å²) in [6.07, 6.45) is 0. The maximum Gasteiger partial charge on any atom is 0.200 e. The molecule has 0 unspecified atom stereocenters. The number of benzene rings is 2. The molecule has 1 aromatic heterocycles. The molecule has 3 rings (SSSR count). The Morgan fingerprint density at radius 2 is 1.73 bits per heavy atom. The molecule has 3 aromatic rings. The van der Waals surface area contributed by atoms with E-state index in [2.05, 4.69) is 5.10 Å². The second kappa shape index (κ2) is 6.44. The fourth-order valence-electron chi connectivity index (χ4n) is 2.25. The summed E-state index contributed by atoms with van der Waals surface area (Å²) < 4.78 is 3.79. The molecule has 0 spiro atoms. The summed E-state index contributed by atoms with van der Waals surface area (Å²) >= 11 is 11.4. The van der Waals surface area contributed by atoms with Gasteiger partial charge in [0.25, 0.3) is 0 Å². The number of aromatic nitrogens is 3. The summed E-state index contributed by atoms with van der Waals surface area (Å²) in [5, 5.41) is 14.5. The first kappa shape index (κ1) is 15.0. The summed E-state index contributed by atoms with van der Waals surface area (Å²) in [5.74, 6) is 0.708. The molecule has 112 valence electrons. The Morgan fingerprint density at radius 3 is 2.36 bits per heavy atom. The first-order valence-electron chi connectivity index (χ1n) is 6.77. The standard InChI is InChI=1S/C16H14ClN3OS/c17-14-8-6-13(7-9-14)15-18-20(11-21)16(22)19(15)10-12-4-2-1-3-5-12/h1-9,21H,10-11H2. The molecule has 0 fully saturated rings. The molecule has 0 bridgehead atoms. The number of hydrogen-bond acceptors (Lipinski definition) is 3. The van der Waals surface area contributed by atoms with Crippen LogP contribution in [0.25, 0.3) is 11.4 Å². The fourth-order valence-corrected chi connectivity index (χ4v) is 2.63. The maximum atomic E-state index is 9.41. The van der Waals surface area contributed by atoms with Gasteiger partial charge in [-0.1, -0.05) is 41.9 Å². The molecule has 1 N–H and O–H groups in total. The van der Waals surface area contributed by atoms with Crippen LogP contribution in [0.15, 0.2) is 54.6 Å². The highest BCUT2D eigenvalue weighted by molar-refractivity contribution is 7.71. The van der Waals surface area contributed by atoms with E-state index in [0.717, 1.165) is 11.1 Å². The maximum absolute atomic E-state index is 9.41. The van der Waals surface area contributed by atoms with Gasteiger partial charge in [-0.3, -0.25) is 4.57 Å². The zero-order chi connectivity index (χ0) is 15.5. The predicted octanol–water partition coefficient (Wildman–Crippen LogP) is 3.73. The second-order valence-electron chi connectivity index (χ2n) is 4.83. The van der Waals surface area contributed by atoms with E-state index in [9.17, 15) is 5.11 Å². The third kappa shape index (κ3) is 2.97. The summed E-state index contributed by atoms with van der Waals surface area (Å²) in [5.41, 5.74) is 2.02. The minimum absolute atomic E-state index is 0.249. The predicted molar refractivity (Wildman–Crippen MR) is 89.3 cm³/mol. The van der Waals surface area contributed by atoms with Crippen LogP contribution in [0.5, 0.6) is 0 Å². The van der Waals surface area contributed by atoms with Gasteiger partial charge in [0.05, 0.1) is 6.54 Å². The third-order valence-electron chi connectivity index (χ3n) is 3.34. The van der Waals surface area contributed by atoms with Crippen LogP contribution >= 0.6 is 23.8 Å². The zero-order valence-electron chi connectivity index (χ0n) is 11.7. The molecule has 6 heteroatoms. The minimum atomic E-state index is -0.249. The van der Waals surface area contributed by atoms with Gasteiger partial charge < -0.3 is 5.11 Å². The van der Waals surface area contributed by atoms with Crippen LogP contribution < -0.4 is 0 Å².